The molecule has 3 amide bonds. The van der Waals surface area contributed by atoms with Crippen molar-refractivity contribution in [2.75, 3.05) is 0 Å². The number of benzene rings is 1. The van der Waals surface area contributed by atoms with Crippen LogP contribution in [0.15, 0.2) is 30.3 Å². The molecular formula is C25H29N3O6S. The summed E-state index contributed by atoms with van der Waals surface area (Å²) in [6.07, 6.45) is 3.64. The lowest BCUT2D eigenvalue weighted by atomic mass is 9.88. The molecule has 5 rings (SSSR count). The zero-order valence-corrected chi connectivity index (χ0v) is 20.1. The number of nitrogens with one attached hydrogen (secondary N) is 2. The van der Waals surface area contributed by atoms with Crippen molar-refractivity contribution < 1.29 is 29.0 Å². The van der Waals surface area contributed by atoms with Crippen LogP contribution in [0.1, 0.15) is 61.0 Å². The van der Waals surface area contributed by atoms with E-state index in [0.717, 1.165) is 42.2 Å². The average molecular weight is 500 g/mol. The van der Waals surface area contributed by atoms with Gasteiger partial charge in [0.05, 0.1) is 11.3 Å². The van der Waals surface area contributed by atoms with Gasteiger partial charge in [-0.25, -0.2) is 0 Å². The van der Waals surface area contributed by atoms with Crippen molar-refractivity contribution in [3.05, 3.63) is 35.2 Å². The maximum Gasteiger partial charge on any atom is 0.310 e. The number of nitrogens with zero attached hydrogens (tertiary/aromatic N) is 1. The molecule has 3 saturated heterocycles. The second-order valence-corrected chi connectivity index (χ2v) is 10.6. The van der Waals surface area contributed by atoms with E-state index < -0.39 is 36.3 Å². The van der Waals surface area contributed by atoms with Crippen LogP contribution in [0.2, 0.25) is 0 Å². The molecule has 9 nitrogen and oxygen atoms in total. The van der Waals surface area contributed by atoms with E-state index >= 15 is 0 Å². The number of cyclic esters (lactones) is 1. The van der Waals surface area contributed by atoms with E-state index in [0.29, 0.717) is 17.7 Å². The highest BCUT2D eigenvalue weighted by molar-refractivity contribution is 7.20. The summed E-state index contributed by atoms with van der Waals surface area (Å²) >= 11 is 1.39. The molecule has 1 aromatic carbocycles. The molecule has 3 aliphatic heterocycles. The SMILES string of the molecule is O=C1CC(NC(=O)[C@@H]2CCC[C@@H]3CCCC[C@H](NC(=O)c4cc5ccccc5s4)C(=O)N32)C(O)O1. The number of ether oxygens (including phenoxy) is 1. The smallest absolute Gasteiger partial charge is 0.310 e. The van der Waals surface area contributed by atoms with Crippen molar-refractivity contribution >= 4 is 45.1 Å². The third-order valence-electron chi connectivity index (χ3n) is 7.14. The lowest BCUT2D eigenvalue weighted by molar-refractivity contribution is -0.156. The average Bonchev–Trinajstić information content (AvgIpc) is 3.41. The molecule has 2 unspecified atom stereocenters. The van der Waals surface area contributed by atoms with E-state index in [1.54, 1.807) is 4.90 Å². The molecule has 0 bridgehead atoms. The molecule has 0 radical (unpaired) electrons. The molecular weight excluding hydrogens is 470 g/mol. The van der Waals surface area contributed by atoms with Gasteiger partial charge in [0.1, 0.15) is 18.1 Å². The molecule has 35 heavy (non-hydrogen) atoms. The molecule has 0 saturated carbocycles. The number of esters is 1. The van der Waals surface area contributed by atoms with Crippen LogP contribution in [-0.4, -0.2) is 64.2 Å². The molecule has 2 aromatic rings. The van der Waals surface area contributed by atoms with Gasteiger partial charge in [-0.3, -0.25) is 19.2 Å². The van der Waals surface area contributed by atoms with Crippen molar-refractivity contribution in [3.8, 4) is 0 Å². The topological polar surface area (TPSA) is 125 Å². The van der Waals surface area contributed by atoms with Gasteiger partial charge in [-0.1, -0.05) is 31.0 Å². The maximum atomic E-state index is 13.7. The second kappa shape index (κ2) is 9.94. The summed E-state index contributed by atoms with van der Waals surface area (Å²) in [5, 5.41) is 16.5. The van der Waals surface area contributed by atoms with Crippen molar-refractivity contribution in [1.29, 1.82) is 0 Å². The van der Waals surface area contributed by atoms with Crippen LogP contribution >= 0.6 is 11.3 Å². The maximum absolute atomic E-state index is 13.7. The number of aliphatic hydroxyl groups excluding tert-OH is 1. The van der Waals surface area contributed by atoms with Gasteiger partial charge in [-0.05, 0) is 49.6 Å². The van der Waals surface area contributed by atoms with E-state index in [1.807, 2.05) is 30.3 Å². The van der Waals surface area contributed by atoms with Crippen LogP contribution in [-0.2, 0) is 19.1 Å². The van der Waals surface area contributed by atoms with E-state index in [-0.39, 0.29) is 24.3 Å². The summed E-state index contributed by atoms with van der Waals surface area (Å²) in [4.78, 5) is 53.7. The Balaban J connectivity index is 1.33. The molecule has 5 atom stereocenters. The number of carbonyl (C=O) groups excluding carboxylic acids is 4. The third kappa shape index (κ3) is 4.90. The van der Waals surface area contributed by atoms with Crippen molar-refractivity contribution in [1.82, 2.24) is 15.5 Å². The summed E-state index contributed by atoms with van der Waals surface area (Å²) in [7, 11) is 0. The van der Waals surface area contributed by atoms with Gasteiger partial charge in [0.25, 0.3) is 5.91 Å². The number of thiophene rings is 1. The third-order valence-corrected chi connectivity index (χ3v) is 8.26. The fourth-order valence-electron chi connectivity index (χ4n) is 5.39. The number of piperidine rings is 1. The van der Waals surface area contributed by atoms with Gasteiger partial charge in [-0.2, -0.15) is 0 Å². The van der Waals surface area contributed by atoms with Crippen LogP contribution in [0, 0.1) is 0 Å². The van der Waals surface area contributed by atoms with Crippen molar-refractivity contribution in [2.24, 2.45) is 0 Å². The number of fused-ring (bicyclic) bond motifs is 2. The Labute approximate surface area is 206 Å². The minimum atomic E-state index is -1.39. The summed E-state index contributed by atoms with van der Waals surface area (Å²) in [6, 6.07) is 7.24. The highest BCUT2D eigenvalue weighted by Gasteiger charge is 2.43. The number of amides is 3. The van der Waals surface area contributed by atoms with Gasteiger partial charge >= 0.3 is 5.97 Å². The monoisotopic (exact) mass is 499 g/mol. The first-order valence-corrected chi connectivity index (χ1v) is 13.0. The largest absolute Gasteiger partial charge is 0.434 e. The van der Waals surface area contributed by atoms with Crippen LogP contribution in [0.5, 0.6) is 0 Å². The predicted molar refractivity (Wildman–Crippen MR) is 128 cm³/mol. The predicted octanol–water partition coefficient (Wildman–Crippen LogP) is 2.07. The van der Waals surface area contributed by atoms with Gasteiger partial charge in [0.2, 0.25) is 18.1 Å². The van der Waals surface area contributed by atoms with Gasteiger partial charge < -0.3 is 25.4 Å². The summed E-state index contributed by atoms with van der Waals surface area (Å²) in [5.74, 6) is -1.51. The molecule has 0 spiro atoms. The van der Waals surface area contributed by atoms with Crippen LogP contribution in [0.3, 0.4) is 0 Å². The molecule has 3 aliphatic rings. The number of hydrogen-bond acceptors (Lipinski definition) is 7. The Hall–Kier alpha value is -2.98. The first kappa shape index (κ1) is 23.7. The zero-order chi connectivity index (χ0) is 24.5. The Morgan fingerprint density at radius 3 is 2.57 bits per heavy atom. The Bertz CT molecular complexity index is 1120. The lowest BCUT2D eigenvalue weighted by Gasteiger charge is -2.44. The molecule has 3 fully saturated rings. The zero-order valence-electron chi connectivity index (χ0n) is 19.3. The van der Waals surface area contributed by atoms with E-state index in [9.17, 15) is 24.3 Å². The molecule has 0 aliphatic carbocycles. The minimum absolute atomic E-state index is 0.0811. The van der Waals surface area contributed by atoms with Crippen molar-refractivity contribution in [2.45, 2.75) is 81.8 Å². The number of carbonyl (C=O) groups is 4. The Kier molecular flexibility index (Phi) is 6.75. The highest BCUT2D eigenvalue weighted by atomic mass is 32.1. The fraction of sp³-hybridized carbons (Fsp3) is 0.520. The van der Waals surface area contributed by atoms with Crippen LogP contribution < -0.4 is 10.6 Å². The Morgan fingerprint density at radius 2 is 1.80 bits per heavy atom. The minimum Gasteiger partial charge on any atom is -0.434 e. The molecule has 3 N–H and O–H groups in total. The normalized spacial score (nSPS) is 29.2. The molecule has 4 heterocycles. The van der Waals surface area contributed by atoms with Crippen molar-refractivity contribution in [3.63, 3.8) is 0 Å². The summed E-state index contributed by atoms with van der Waals surface area (Å²) in [6.45, 7) is 0. The molecule has 186 valence electrons. The second-order valence-electron chi connectivity index (χ2n) is 9.50. The first-order valence-electron chi connectivity index (χ1n) is 12.2. The lowest BCUT2D eigenvalue weighted by Crippen LogP contribution is -2.62. The number of aliphatic hydroxyl groups is 1. The first-order chi connectivity index (χ1) is 16.9. The van der Waals surface area contributed by atoms with Gasteiger partial charge in [0, 0.05) is 10.7 Å². The van der Waals surface area contributed by atoms with Gasteiger partial charge in [0.15, 0.2) is 0 Å². The number of hydrogen-bond donors (Lipinski definition) is 3. The van der Waals surface area contributed by atoms with E-state index in [4.69, 9.17) is 4.74 Å². The van der Waals surface area contributed by atoms with Crippen LogP contribution in [0.25, 0.3) is 10.1 Å². The Morgan fingerprint density at radius 1 is 1.03 bits per heavy atom. The standard InChI is InChI=1S/C25H29N3O6S/c29-21-13-17(25(33)34-21)27-22(30)18-10-5-8-15-7-2-3-9-16(24(32)28(15)18)26-23(31)20-12-14-6-1-4-11-19(14)35-20/h1,4,6,11-12,15-18,25,33H,2-3,5,7-10,13H2,(H,26,31)(H,27,30)/t15-,16-,17?,18-,25?/m0/s1. The fourth-order valence-corrected chi connectivity index (χ4v) is 6.36. The van der Waals surface area contributed by atoms with E-state index in [1.165, 1.54) is 11.3 Å². The summed E-state index contributed by atoms with van der Waals surface area (Å²) < 4.78 is 5.73. The quantitative estimate of drug-likeness (QED) is 0.553. The molecule has 1 aromatic heterocycles. The molecule has 10 heteroatoms. The van der Waals surface area contributed by atoms with Crippen LogP contribution in [0.4, 0.5) is 0 Å². The van der Waals surface area contributed by atoms with Gasteiger partial charge in [-0.15, -0.1) is 11.3 Å². The number of rotatable bonds is 4. The van der Waals surface area contributed by atoms with E-state index in [2.05, 4.69) is 10.6 Å². The highest BCUT2D eigenvalue weighted by Crippen LogP contribution is 2.31. The summed E-state index contributed by atoms with van der Waals surface area (Å²) in [5.41, 5.74) is 0.